The summed E-state index contributed by atoms with van der Waals surface area (Å²) in [4.78, 5) is 12.3. The number of hydrogen-bond donors (Lipinski definition) is 1. The van der Waals surface area contributed by atoms with Crippen LogP contribution in [0.3, 0.4) is 0 Å². The lowest BCUT2D eigenvalue weighted by molar-refractivity contribution is 0.102. The van der Waals surface area contributed by atoms with Crippen molar-refractivity contribution in [2.24, 2.45) is 0 Å². The lowest BCUT2D eigenvalue weighted by Crippen LogP contribution is -2.17. The molecule has 0 spiro atoms. The predicted molar refractivity (Wildman–Crippen MR) is 93.0 cm³/mol. The Balaban J connectivity index is 1.52. The van der Waals surface area contributed by atoms with E-state index in [1.165, 1.54) is 11.3 Å². The summed E-state index contributed by atoms with van der Waals surface area (Å²) < 4.78 is 17.2. The van der Waals surface area contributed by atoms with E-state index in [-0.39, 0.29) is 11.9 Å². The third kappa shape index (κ3) is 3.28. The minimum Gasteiger partial charge on any atom is -0.486 e. The number of aromatic nitrogens is 2. The zero-order chi connectivity index (χ0) is 17.4. The van der Waals surface area contributed by atoms with Crippen molar-refractivity contribution in [2.45, 2.75) is 0 Å². The number of nitrogens with zero attached hydrogens (tertiary/aromatic N) is 2. The molecule has 2 aromatic heterocycles. The summed E-state index contributed by atoms with van der Waals surface area (Å²) >= 11 is 13.1. The number of ether oxygens (including phenoxy) is 2. The maximum atomic E-state index is 12.3. The highest BCUT2D eigenvalue weighted by Crippen LogP contribution is 2.38. The maximum Gasteiger partial charge on any atom is 0.322 e. The number of carbonyl (C=O) groups excluding carboxylic acids is 1. The van der Waals surface area contributed by atoms with Crippen LogP contribution in [0.25, 0.3) is 11.5 Å². The minimum absolute atomic E-state index is 0.0479. The molecule has 0 fully saturated rings. The smallest absolute Gasteiger partial charge is 0.322 e. The van der Waals surface area contributed by atoms with E-state index in [4.69, 9.17) is 37.1 Å². The van der Waals surface area contributed by atoms with Crippen molar-refractivity contribution in [2.75, 3.05) is 18.5 Å². The van der Waals surface area contributed by atoms with Crippen LogP contribution in [0.5, 0.6) is 11.5 Å². The van der Waals surface area contributed by atoms with Crippen LogP contribution >= 0.6 is 34.5 Å². The fraction of sp³-hybridized carbons (Fsp3) is 0.133. The number of hydrogen-bond acceptors (Lipinski definition) is 7. The quantitative estimate of drug-likeness (QED) is 0.714. The number of benzene rings is 1. The van der Waals surface area contributed by atoms with Crippen LogP contribution < -0.4 is 14.8 Å². The van der Waals surface area contributed by atoms with E-state index in [1.807, 2.05) is 0 Å². The van der Waals surface area contributed by atoms with E-state index in [1.54, 1.807) is 24.3 Å². The number of halogens is 2. The first kappa shape index (κ1) is 16.2. The fourth-order valence-corrected chi connectivity index (χ4v) is 3.67. The van der Waals surface area contributed by atoms with Gasteiger partial charge in [0.25, 0.3) is 11.8 Å². The molecular formula is C15H9Cl2N3O4S. The average molecular weight is 398 g/mol. The van der Waals surface area contributed by atoms with Gasteiger partial charge in [0.15, 0.2) is 11.5 Å². The normalized spacial score (nSPS) is 12.9. The third-order valence-corrected chi connectivity index (χ3v) is 4.82. The van der Waals surface area contributed by atoms with E-state index in [2.05, 4.69) is 15.5 Å². The Morgan fingerprint density at radius 2 is 1.92 bits per heavy atom. The summed E-state index contributed by atoms with van der Waals surface area (Å²) in [6.07, 6.45) is 0. The van der Waals surface area contributed by atoms with Crippen LogP contribution in [-0.2, 0) is 0 Å². The highest BCUT2D eigenvalue weighted by Gasteiger charge is 2.19. The second kappa shape index (κ2) is 6.55. The summed E-state index contributed by atoms with van der Waals surface area (Å²) in [7, 11) is 0. The molecule has 0 atom stereocenters. The van der Waals surface area contributed by atoms with Crippen LogP contribution in [0.15, 0.2) is 28.7 Å². The molecule has 0 radical (unpaired) electrons. The molecule has 0 unspecified atom stereocenters. The fourth-order valence-electron chi connectivity index (χ4n) is 2.22. The van der Waals surface area contributed by atoms with Gasteiger partial charge in [0.1, 0.15) is 17.6 Å². The highest BCUT2D eigenvalue weighted by molar-refractivity contribution is 7.20. The maximum absolute atomic E-state index is 12.3. The van der Waals surface area contributed by atoms with Crippen molar-refractivity contribution in [3.63, 3.8) is 0 Å². The van der Waals surface area contributed by atoms with Gasteiger partial charge >= 0.3 is 6.01 Å². The number of carbonyl (C=O) groups is 1. The Morgan fingerprint density at radius 3 is 2.68 bits per heavy atom. The number of nitrogens with one attached hydrogen (secondary N) is 1. The first-order chi connectivity index (χ1) is 12.1. The first-order valence-electron chi connectivity index (χ1n) is 7.10. The molecule has 3 aromatic rings. The minimum atomic E-state index is -0.415. The molecule has 1 aromatic carbocycles. The second-order valence-corrected chi connectivity index (χ2v) is 7.25. The Morgan fingerprint density at radius 1 is 1.12 bits per heavy atom. The van der Waals surface area contributed by atoms with Crippen molar-refractivity contribution in [3.8, 4) is 23.0 Å². The number of rotatable bonds is 3. The standard InChI is InChI=1S/C15H9Cl2N3O4S/c16-11-6-8(12(17)25-11)14-19-20-15(24-14)18-13(21)7-1-2-9-10(5-7)23-4-3-22-9/h1-2,5-6H,3-4H2,(H,18,20,21). The SMILES string of the molecule is O=C(Nc1nnc(-c2cc(Cl)sc2Cl)o1)c1ccc2c(c1)OCCO2. The Kier molecular flexibility index (Phi) is 4.24. The molecule has 1 aliphatic rings. The predicted octanol–water partition coefficient (Wildman–Crippen LogP) is 4.13. The van der Waals surface area contributed by atoms with E-state index >= 15 is 0 Å². The molecule has 0 saturated carbocycles. The van der Waals surface area contributed by atoms with Gasteiger partial charge in [-0.05, 0) is 24.3 Å². The van der Waals surface area contributed by atoms with Crippen molar-refractivity contribution >= 4 is 46.5 Å². The third-order valence-electron chi connectivity index (χ3n) is 3.34. The topological polar surface area (TPSA) is 86.5 Å². The summed E-state index contributed by atoms with van der Waals surface area (Å²) in [6.45, 7) is 0.924. The van der Waals surface area contributed by atoms with Gasteiger partial charge < -0.3 is 13.9 Å². The monoisotopic (exact) mass is 397 g/mol. The molecule has 1 aliphatic heterocycles. The second-order valence-electron chi connectivity index (χ2n) is 4.96. The Bertz CT molecular complexity index is 956. The molecule has 1 N–H and O–H groups in total. The van der Waals surface area contributed by atoms with Crippen molar-refractivity contribution in [3.05, 3.63) is 38.5 Å². The van der Waals surface area contributed by atoms with Gasteiger partial charge in [-0.3, -0.25) is 10.1 Å². The van der Waals surface area contributed by atoms with Crippen LogP contribution in [0.1, 0.15) is 10.4 Å². The number of amides is 1. The number of fused-ring (bicyclic) bond motifs is 1. The van der Waals surface area contributed by atoms with E-state index < -0.39 is 5.91 Å². The van der Waals surface area contributed by atoms with Gasteiger partial charge in [-0.25, -0.2) is 0 Å². The number of anilines is 1. The van der Waals surface area contributed by atoms with Gasteiger partial charge in [-0.2, -0.15) is 0 Å². The molecule has 0 saturated heterocycles. The van der Waals surface area contributed by atoms with Crippen LogP contribution in [-0.4, -0.2) is 29.3 Å². The largest absolute Gasteiger partial charge is 0.486 e. The van der Waals surface area contributed by atoms with Crippen LogP contribution in [0.4, 0.5) is 6.01 Å². The molecule has 7 nitrogen and oxygen atoms in total. The molecule has 1 amide bonds. The van der Waals surface area contributed by atoms with Crippen LogP contribution in [0.2, 0.25) is 8.67 Å². The lowest BCUT2D eigenvalue weighted by Gasteiger charge is -2.18. The molecule has 25 heavy (non-hydrogen) atoms. The van der Waals surface area contributed by atoms with E-state index in [9.17, 15) is 4.79 Å². The van der Waals surface area contributed by atoms with Gasteiger partial charge in [-0.15, -0.1) is 16.4 Å². The average Bonchev–Trinajstić information content (AvgIpc) is 3.20. The molecule has 128 valence electrons. The van der Waals surface area contributed by atoms with E-state index in [0.29, 0.717) is 44.5 Å². The number of thiophene rings is 1. The molecule has 3 heterocycles. The summed E-state index contributed by atoms with van der Waals surface area (Å²) in [5.74, 6) is 0.879. The van der Waals surface area contributed by atoms with Crippen molar-refractivity contribution in [1.82, 2.24) is 10.2 Å². The molecular weight excluding hydrogens is 389 g/mol. The van der Waals surface area contributed by atoms with Crippen LogP contribution in [0, 0.1) is 0 Å². The van der Waals surface area contributed by atoms with Gasteiger partial charge in [0, 0.05) is 5.56 Å². The summed E-state index contributed by atoms with van der Waals surface area (Å²) in [5, 5.41) is 10.2. The Hall–Kier alpha value is -2.29. The van der Waals surface area contributed by atoms with Gasteiger partial charge in [0.2, 0.25) is 0 Å². The lowest BCUT2D eigenvalue weighted by atomic mass is 10.2. The molecule has 0 aliphatic carbocycles. The molecule has 4 rings (SSSR count). The Labute approximate surface area is 155 Å². The highest BCUT2D eigenvalue weighted by atomic mass is 35.5. The van der Waals surface area contributed by atoms with Crippen molar-refractivity contribution < 1.29 is 18.7 Å². The first-order valence-corrected chi connectivity index (χ1v) is 8.67. The van der Waals surface area contributed by atoms with E-state index in [0.717, 1.165) is 0 Å². The van der Waals surface area contributed by atoms with Crippen molar-refractivity contribution in [1.29, 1.82) is 0 Å². The molecule has 0 bridgehead atoms. The molecule has 10 heteroatoms. The van der Waals surface area contributed by atoms with Gasteiger partial charge in [-0.1, -0.05) is 28.3 Å². The summed E-state index contributed by atoms with van der Waals surface area (Å²) in [5.41, 5.74) is 0.893. The zero-order valence-corrected chi connectivity index (χ0v) is 14.7. The van der Waals surface area contributed by atoms with Gasteiger partial charge in [0.05, 0.1) is 9.90 Å². The summed E-state index contributed by atoms with van der Waals surface area (Å²) in [6, 6.07) is 6.46. The zero-order valence-electron chi connectivity index (χ0n) is 12.4.